The number of aryl methyl sites for hydroxylation is 1. The first-order valence-corrected chi connectivity index (χ1v) is 10.6. The molecule has 1 amide bonds. The summed E-state index contributed by atoms with van der Waals surface area (Å²) in [6, 6.07) is 3.91. The fraction of sp³-hybridized carbons (Fsp3) is 0.545. The van der Waals surface area contributed by atoms with E-state index in [-0.39, 0.29) is 30.9 Å². The minimum atomic E-state index is -0.260. The van der Waals surface area contributed by atoms with Crippen molar-refractivity contribution in [1.29, 1.82) is 0 Å². The Morgan fingerprint density at radius 1 is 1.10 bits per heavy atom. The van der Waals surface area contributed by atoms with Gasteiger partial charge in [-0.25, -0.2) is 14.8 Å². The Hall–Kier alpha value is -2.94. The molecule has 31 heavy (non-hydrogen) atoms. The van der Waals surface area contributed by atoms with Crippen molar-refractivity contribution in [2.75, 3.05) is 20.3 Å². The number of nitrogens with zero attached hydrogens (tertiary/aromatic N) is 4. The predicted octanol–water partition coefficient (Wildman–Crippen LogP) is 3.44. The van der Waals surface area contributed by atoms with E-state index in [9.17, 15) is 4.79 Å². The maximum atomic E-state index is 12.5. The van der Waals surface area contributed by atoms with Crippen LogP contribution in [0.15, 0.2) is 24.7 Å². The van der Waals surface area contributed by atoms with E-state index in [1.54, 1.807) is 13.3 Å². The van der Waals surface area contributed by atoms with E-state index in [0.717, 1.165) is 36.9 Å². The van der Waals surface area contributed by atoms with E-state index in [1.165, 1.54) is 6.33 Å². The van der Waals surface area contributed by atoms with E-state index in [2.05, 4.69) is 15.0 Å². The highest BCUT2D eigenvalue weighted by Gasteiger charge is 2.45. The van der Waals surface area contributed by atoms with Gasteiger partial charge in [0.05, 0.1) is 17.9 Å². The van der Waals surface area contributed by atoms with Crippen molar-refractivity contribution >= 4 is 6.09 Å². The van der Waals surface area contributed by atoms with Crippen molar-refractivity contribution in [3.05, 3.63) is 35.9 Å². The second kappa shape index (κ2) is 9.47. The van der Waals surface area contributed by atoms with Crippen LogP contribution in [0.25, 0.3) is 0 Å². The normalized spacial score (nSPS) is 22.3. The van der Waals surface area contributed by atoms with Gasteiger partial charge in [-0.1, -0.05) is 0 Å². The van der Waals surface area contributed by atoms with E-state index in [1.807, 2.05) is 30.9 Å². The van der Waals surface area contributed by atoms with Crippen LogP contribution in [0.4, 0.5) is 4.79 Å². The zero-order valence-electron chi connectivity index (χ0n) is 18.1. The van der Waals surface area contributed by atoms with Gasteiger partial charge in [-0.15, -0.1) is 0 Å². The first-order valence-electron chi connectivity index (χ1n) is 10.6. The van der Waals surface area contributed by atoms with Gasteiger partial charge in [0, 0.05) is 38.2 Å². The van der Waals surface area contributed by atoms with Crippen LogP contribution >= 0.6 is 0 Å². The number of aromatic nitrogens is 3. The van der Waals surface area contributed by atoms with Crippen molar-refractivity contribution in [3.8, 4) is 17.5 Å². The molecule has 2 unspecified atom stereocenters. The van der Waals surface area contributed by atoms with Gasteiger partial charge >= 0.3 is 6.09 Å². The van der Waals surface area contributed by atoms with E-state index >= 15 is 0 Å². The van der Waals surface area contributed by atoms with Gasteiger partial charge in [0.25, 0.3) is 0 Å². The van der Waals surface area contributed by atoms with Crippen molar-refractivity contribution in [1.82, 2.24) is 19.9 Å². The molecule has 0 spiro atoms. The lowest BCUT2D eigenvalue weighted by atomic mass is 10.0. The lowest BCUT2D eigenvalue weighted by Crippen LogP contribution is -2.49. The third-order valence-corrected chi connectivity index (χ3v) is 5.85. The summed E-state index contributed by atoms with van der Waals surface area (Å²) in [7, 11) is 1.59. The SMILES string of the molecule is COCCOC(=O)N1C2CCC1CC(Oc1ncnc(Oc3cccnc3C)c1C)C2. The number of hydrogen-bond acceptors (Lipinski definition) is 8. The zero-order chi connectivity index (χ0) is 21.8. The topological polar surface area (TPSA) is 95.9 Å². The summed E-state index contributed by atoms with van der Waals surface area (Å²) in [5.41, 5.74) is 1.52. The number of amides is 1. The largest absolute Gasteiger partial charge is 0.474 e. The molecule has 4 heterocycles. The summed E-state index contributed by atoms with van der Waals surface area (Å²) in [6.45, 7) is 4.43. The maximum absolute atomic E-state index is 12.5. The fourth-order valence-electron chi connectivity index (χ4n) is 4.29. The number of ether oxygens (including phenoxy) is 4. The third kappa shape index (κ3) is 4.71. The molecule has 9 heteroatoms. The molecule has 9 nitrogen and oxygen atoms in total. The first kappa shape index (κ1) is 21.3. The zero-order valence-corrected chi connectivity index (χ0v) is 18.1. The van der Waals surface area contributed by atoms with Crippen LogP contribution in [0.3, 0.4) is 0 Å². The molecule has 0 N–H and O–H groups in total. The number of hydrogen-bond donors (Lipinski definition) is 0. The molecular formula is C22H28N4O5. The highest BCUT2D eigenvalue weighted by atomic mass is 16.6. The smallest absolute Gasteiger partial charge is 0.410 e. The van der Waals surface area contributed by atoms with Gasteiger partial charge in [0.2, 0.25) is 11.8 Å². The average Bonchev–Trinajstić information content (AvgIpc) is 3.03. The van der Waals surface area contributed by atoms with Gasteiger partial charge in [0.1, 0.15) is 19.0 Å². The highest BCUT2D eigenvalue weighted by molar-refractivity contribution is 5.69. The monoisotopic (exact) mass is 428 g/mol. The molecule has 2 aliphatic heterocycles. The quantitative estimate of drug-likeness (QED) is 0.619. The Balaban J connectivity index is 1.41. The molecule has 4 rings (SSSR count). The molecule has 2 atom stereocenters. The van der Waals surface area contributed by atoms with Crippen molar-refractivity contribution in [2.24, 2.45) is 0 Å². The number of methoxy groups -OCH3 is 1. The van der Waals surface area contributed by atoms with Gasteiger partial charge in [-0.05, 0) is 38.8 Å². The highest BCUT2D eigenvalue weighted by Crippen LogP contribution is 2.38. The molecular weight excluding hydrogens is 400 g/mol. The predicted molar refractivity (Wildman–Crippen MR) is 111 cm³/mol. The molecule has 2 aliphatic rings. The number of pyridine rings is 1. The van der Waals surface area contributed by atoms with Crippen LogP contribution in [0.2, 0.25) is 0 Å². The molecule has 2 aromatic heterocycles. The number of carbonyl (C=O) groups excluding carboxylic acids is 1. The lowest BCUT2D eigenvalue weighted by Gasteiger charge is -2.38. The maximum Gasteiger partial charge on any atom is 0.410 e. The van der Waals surface area contributed by atoms with Crippen LogP contribution in [-0.4, -0.2) is 64.5 Å². The van der Waals surface area contributed by atoms with Gasteiger partial charge < -0.3 is 23.8 Å². The van der Waals surface area contributed by atoms with Crippen LogP contribution < -0.4 is 9.47 Å². The summed E-state index contributed by atoms with van der Waals surface area (Å²) in [5, 5.41) is 0. The molecule has 2 bridgehead atoms. The molecule has 0 aliphatic carbocycles. The average molecular weight is 428 g/mol. The Kier molecular flexibility index (Phi) is 6.50. The number of piperidine rings is 1. The molecule has 2 fully saturated rings. The van der Waals surface area contributed by atoms with E-state index in [0.29, 0.717) is 24.1 Å². The van der Waals surface area contributed by atoms with Crippen LogP contribution in [0.5, 0.6) is 17.5 Å². The van der Waals surface area contributed by atoms with E-state index < -0.39 is 0 Å². The minimum Gasteiger partial charge on any atom is -0.474 e. The van der Waals surface area contributed by atoms with Crippen LogP contribution in [-0.2, 0) is 9.47 Å². The summed E-state index contributed by atoms with van der Waals surface area (Å²) in [5.74, 6) is 1.60. The third-order valence-electron chi connectivity index (χ3n) is 5.85. The van der Waals surface area contributed by atoms with Crippen molar-refractivity contribution < 1.29 is 23.7 Å². The second-order valence-electron chi connectivity index (χ2n) is 7.91. The van der Waals surface area contributed by atoms with Crippen LogP contribution in [0, 0.1) is 13.8 Å². The summed E-state index contributed by atoms with van der Waals surface area (Å²) in [6.07, 6.45) is 6.29. The van der Waals surface area contributed by atoms with Crippen LogP contribution in [0.1, 0.15) is 36.9 Å². The van der Waals surface area contributed by atoms with Crippen molar-refractivity contribution in [3.63, 3.8) is 0 Å². The Morgan fingerprint density at radius 3 is 2.55 bits per heavy atom. The second-order valence-corrected chi connectivity index (χ2v) is 7.91. The molecule has 0 aromatic carbocycles. The number of rotatable bonds is 7. The van der Waals surface area contributed by atoms with Gasteiger partial charge in [-0.3, -0.25) is 4.98 Å². The first-order chi connectivity index (χ1) is 15.1. The standard InChI is InChI=1S/C22H28N4O5/c1-14-20(24-13-25-21(14)31-19-5-4-8-23-15(19)2)30-18-11-16-6-7-17(12-18)26(16)22(27)29-10-9-28-3/h4-5,8,13,16-18H,6-7,9-12H2,1-3H3. The summed E-state index contributed by atoms with van der Waals surface area (Å²) < 4.78 is 22.5. The minimum absolute atomic E-state index is 0.0258. The summed E-state index contributed by atoms with van der Waals surface area (Å²) >= 11 is 0. The number of carbonyl (C=O) groups is 1. The Labute approximate surface area is 181 Å². The Bertz CT molecular complexity index is 911. The molecule has 2 aromatic rings. The number of fused-ring (bicyclic) bond motifs is 2. The molecule has 0 saturated carbocycles. The summed E-state index contributed by atoms with van der Waals surface area (Å²) in [4.78, 5) is 27.2. The molecule has 2 saturated heterocycles. The van der Waals surface area contributed by atoms with Crippen molar-refractivity contribution in [2.45, 2.75) is 57.7 Å². The molecule has 0 radical (unpaired) electrons. The molecule has 166 valence electrons. The van der Waals surface area contributed by atoms with Gasteiger partial charge in [0.15, 0.2) is 5.75 Å². The van der Waals surface area contributed by atoms with Gasteiger partial charge in [-0.2, -0.15) is 0 Å². The Morgan fingerprint density at radius 2 is 1.84 bits per heavy atom. The lowest BCUT2D eigenvalue weighted by molar-refractivity contribution is 0.0227. The fourth-order valence-corrected chi connectivity index (χ4v) is 4.29. The van der Waals surface area contributed by atoms with E-state index in [4.69, 9.17) is 18.9 Å².